The highest BCUT2D eigenvalue weighted by Gasteiger charge is 2.44. The maximum Gasteiger partial charge on any atom is 0.420 e. The summed E-state index contributed by atoms with van der Waals surface area (Å²) in [7, 11) is 0. The Balaban J connectivity index is 3.35. The number of carbonyl (C=O) groups excluding carboxylic acids is 3. The summed E-state index contributed by atoms with van der Waals surface area (Å²) in [6.07, 6.45) is -14.6. The van der Waals surface area contributed by atoms with Crippen LogP contribution in [0.1, 0.15) is 48.5 Å². The Morgan fingerprint density at radius 1 is 0.833 bits per heavy atom. The summed E-state index contributed by atoms with van der Waals surface area (Å²) in [6.45, 7) is 7.96. The van der Waals surface area contributed by atoms with Gasteiger partial charge in [0, 0.05) is 12.2 Å². The van der Waals surface area contributed by atoms with E-state index >= 15 is 0 Å². The average Bonchev–Trinajstić information content (AvgIpc) is 2.80. The van der Waals surface area contributed by atoms with Crippen LogP contribution in [0.2, 0.25) is 0 Å². The van der Waals surface area contributed by atoms with Gasteiger partial charge >= 0.3 is 30.5 Å². The third-order valence-electron chi connectivity index (χ3n) is 4.86. The van der Waals surface area contributed by atoms with E-state index in [4.69, 9.17) is 28.4 Å². The second-order valence-corrected chi connectivity index (χ2v) is 11.1. The first-order valence-electron chi connectivity index (χ1n) is 12.7. The van der Waals surface area contributed by atoms with Gasteiger partial charge in [-0.25, -0.2) is 14.4 Å². The van der Waals surface area contributed by atoms with Gasteiger partial charge in [-0.3, -0.25) is 0 Å². The fraction of sp³-hybridized carbons (Fsp3) is 0.731. The molecule has 242 valence electrons. The number of amides is 2. The highest BCUT2D eigenvalue weighted by molar-refractivity contribution is 5.94. The van der Waals surface area contributed by atoms with Crippen LogP contribution in [0.5, 0.6) is 0 Å². The lowest BCUT2D eigenvalue weighted by Crippen LogP contribution is -2.54. The van der Waals surface area contributed by atoms with Crippen molar-refractivity contribution in [2.75, 3.05) is 26.4 Å². The highest BCUT2D eigenvalue weighted by Crippen LogP contribution is 2.23. The third kappa shape index (κ3) is 14.9. The molecule has 0 aromatic rings. The van der Waals surface area contributed by atoms with Gasteiger partial charge in [-0.1, -0.05) is 12.2 Å². The molecule has 0 spiro atoms. The van der Waals surface area contributed by atoms with Gasteiger partial charge in [-0.2, -0.15) is 31.2 Å². The first kappa shape index (κ1) is 37.2. The minimum atomic E-state index is -4.64. The molecule has 0 saturated carbocycles. The monoisotopic (exact) mass is 621 g/mol. The summed E-state index contributed by atoms with van der Waals surface area (Å²) in [6, 6.07) is -1.76. The predicted octanol–water partition coefficient (Wildman–Crippen LogP) is 5.50. The predicted molar refractivity (Wildman–Crippen MR) is 134 cm³/mol. The van der Waals surface area contributed by atoms with Gasteiger partial charge in [0.2, 0.25) is 0 Å². The van der Waals surface area contributed by atoms with Crippen LogP contribution >= 0.6 is 0 Å². The molecule has 10 nitrogen and oxygen atoms in total. The second-order valence-electron chi connectivity index (χ2n) is 11.1. The van der Waals surface area contributed by atoms with E-state index in [0.717, 1.165) is 0 Å². The molecule has 1 rings (SSSR count). The smallest absolute Gasteiger partial charge is 0.420 e. The van der Waals surface area contributed by atoms with E-state index in [1.807, 2.05) is 0 Å². The zero-order valence-corrected chi connectivity index (χ0v) is 24.3. The molecule has 2 amide bonds. The fourth-order valence-corrected chi connectivity index (χ4v) is 3.32. The number of rotatable bonds is 7. The normalized spacial score (nSPS) is 23.2. The van der Waals surface area contributed by atoms with Crippen LogP contribution in [0, 0.1) is 0 Å². The van der Waals surface area contributed by atoms with Gasteiger partial charge in [-0.05, 0) is 48.5 Å². The van der Waals surface area contributed by atoms with Crippen LogP contribution in [0.25, 0.3) is 0 Å². The van der Waals surface area contributed by atoms with E-state index in [1.54, 1.807) is 0 Å². The van der Waals surface area contributed by atoms with E-state index in [1.165, 1.54) is 48.5 Å². The molecular weight excluding hydrogens is 584 g/mol. The number of hydrogen-bond donors (Lipinski definition) is 0. The minimum Gasteiger partial charge on any atom is -0.458 e. The number of imide groups is 1. The van der Waals surface area contributed by atoms with Crippen LogP contribution in [0.4, 0.5) is 35.9 Å². The van der Waals surface area contributed by atoms with Gasteiger partial charge in [0.25, 0.3) is 0 Å². The Kier molecular flexibility index (Phi) is 13.3. The Morgan fingerprint density at radius 2 is 1.29 bits per heavy atom. The molecule has 42 heavy (non-hydrogen) atoms. The third-order valence-corrected chi connectivity index (χ3v) is 4.86. The molecule has 0 N–H and O–H groups in total. The molecule has 1 aliphatic rings. The molecule has 1 heterocycles. The number of halogens is 6. The zero-order chi connectivity index (χ0) is 32.5. The van der Waals surface area contributed by atoms with Gasteiger partial charge in [-0.15, -0.1) is 0 Å². The number of cyclic esters (lactones) is 1. The molecule has 0 bridgehead atoms. The summed E-state index contributed by atoms with van der Waals surface area (Å²) < 4.78 is 107. The molecule has 1 fully saturated rings. The SMILES string of the molecule is C[C@@H]1OC(=O)[C@@H](N(C(=O)OC(C)(C)C)C(=O)OC(C)(C)C)COC[C@H](OC/C=C/C(F)(F)F)[C@H]1OC/C=C/C(F)(F)F. The van der Waals surface area contributed by atoms with Crippen LogP contribution < -0.4 is 0 Å². The molecule has 1 aliphatic heterocycles. The van der Waals surface area contributed by atoms with Gasteiger partial charge in [0.05, 0.1) is 26.4 Å². The van der Waals surface area contributed by atoms with Crippen LogP contribution in [-0.4, -0.2) is 97.4 Å². The summed E-state index contributed by atoms with van der Waals surface area (Å²) in [4.78, 5) is 39.7. The summed E-state index contributed by atoms with van der Waals surface area (Å²) in [5.41, 5.74) is -2.20. The van der Waals surface area contributed by atoms with Crippen LogP contribution in [0.15, 0.2) is 24.3 Å². The molecule has 0 radical (unpaired) electrons. The van der Waals surface area contributed by atoms with Crippen molar-refractivity contribution in [1.82, 2.24) is 4.90 Å². The second kappa shape index (κ2) is 15.0. The topological polar surface area (TPSA) is 110 Å². The molecule has 4 atom stereocenters. The fourth-order valence-electron chi connectivity index (χ4n) is 3.32. The number of nitrogens with zero attached hydrogens (tertiary/aromatic N) is 1. The Labute approximate surface area is 239 Å². The van der Waals surface area contributed by atoms with E-state index in [9.17, 15) is 40.7 Å². The standard InChI is InChI=1S/C26H37F6NO9/c1-16-19(39-13-9-11-26(30,31)32)18(38-12-8-10-25(27,28)29)15-37-14-17(20(34)40-16)33(21(35)41-23(2,3)4)22(36)42-24(5,6)7/h8-11,16-19H,12-15H2,1-7H3/b10-8+,11-9+/t16-,17-,18-,19-/m0/s1. The summed E-state index contributed by atoms with van der Waals surface area (Å²) in [5, 5.41) is 0. The van der Waals surface area contributed by atoms with Gasteiger partial charge < -0.3 is 28.4 Å². The lowest BCUT2D eigenvalue weighted by atomic mass is 10.1. The van der Waals surface area contributed by atoms with E-state index in [2.05, 4.69) is 0 Å². The number of hydrogen-bond acceptors (Lipinski definition) is 9. The van der Waals surface area contributed by atoms with E-state index in [-0.39, 0.29) is 12.2 Å². The number of allylic oxidation sites excluding steroid dienone is 2. The first-order chi connectivity index (χ1) is 19.0. The molecule has 0 aliphatic carbocycles. The van der Waals surface area contributed by atoms with Crippen molar-refractivity contribution in [3.05, 3.63) is 24.3 Å². The molecular formula is C26H37F6NO9. The van der Waals surface area contributed by atoms with Crippen molar-refractivity contribution in [3.63, 3.8) is 0 Å². The van der Waals surface area contributed by atoms with Crippen molar-refractivity contribution >= 4 is 18.2 Å². The quantitative estimate of drug-likeness (QED) is 0.158. The first-order valence-corrected chi connectivity index (χ1v) is 12.7. The van der Waals surface area contributed by atoms with Gasteiger partial charge in [0.1, 0.15) is 29.5 Å². The molecule has 16 heteroatoms. The lowest BCUT2D eigenvalue weighted by molar-refractivity contribution is -0.167. The molecule has 0 aromatic carbocycles. The average molecular weight is 622 g/mol. The number of carbonyl (C=O) groups is 3. The van der Waals surface area contributed by atoms with Crippen molar-refractivity contribution in [3.8, 4) is 0 Å². The molecule has 0 unspecified atom stereocenters. The van der Waals surface area contributed by atoms with Crippen molar-refractivity contribution in [2.24, 2.45) is 0 Å². The highest BCUT2D eigenvalue weighted by atomic mass is 19.4. The van der Waals surface area contributed by atoms with Crippen molar-refractivity contribution in [2.45, 2.75) is 96.4 Å². The summed E-state index contributed by atoms with van der Waals surface area (Å²) in [5.74, 6) is -1.18. The van der Waals surface area contributed by atoms with Crippen LogP contribution in [0.3, 0.4) is 0 Å². The van der Waals surface area contributed by atoms with Crippen molar-refractivity contribution < 1.29 is 69.1 Å². The minimum absolute atomic E-state index is 0.0794. The maximum absolute atomic E-state index is 13.2. The largest absolute Gasteiger partial charge is 0.458 e. The summed E-state index contributed by atoms with van der Waals surface area (Å²) >= 11 is 0. The number of alkyl halides is 6. The molecule has 1 saturated heterocycles. The van der Waals surface area contributed by atoms with Crippen LogP contribution in [-0.2, 0) is 33.2 Å². The Hall–Kier alpha value is -2.85. The van der Waals surface area contributed by atoms with E-state index in [0.29, 0.717) is 17.1 Å². The Bertz CT molecular complexity index is 939. The lowest BCUT2D eigenvalue weighted by Gasteiger charge is -2.32. The van der Waals surface area contributed by atoms with Crippen molar-refractivity contribution in [1.29, 1.82) is 0 Å². The zero-order valence-electron chi connectivity index (χ0n) is 24.3. The van der Waals surface area contributed by atoms with E-state index < -0.39 is 92.5 Å². The Morgan fingerprint density at radius 3 is 1.71 bits per heavy atom. The van der Waals surface area contributed by atoms with Gasteiger partial charge in [0.15, 0.2) is 6.04 Å². The number of esters is 1. The molecule has 0 aromatic heterocycles. The number of ether oxygens (including phenoxy) is 6. The maximum atomic E-state index is 13.2.